The summed E-state index contributed by atoms with van der Waals surface area (Å²) < 4.78 is 36.8. The predicted molar refractivity (Wildman–Crippen MR) is 86.7 cm³/mol. The normalized spacial score (nSPS) is 11.1. The molecule has 0 atom stereocenters. The number of aryl methyl sites for hydroxylation is 1. The highest BCUT2D eigenvalue weighted by Gasteiger charge is 2.34. The fourth-order valence-corrected chi connectivity index (χ4v) is 2.38. The highest BCUT2D eigenvalue weighted by atomic mass is 127. The lowest BCUT2D eigenvalue weighted by Gasteiger charge is -2.12. The summed E-state index contributed by atoms with van der Waals surface area (Å²) in [4.78, 5) is 11.1. The van der Waals surface area contributed by atoms with Gasteiger partial charge in [0, 0.05) is 6.92 Å². The van der Waals surface area contributed by atoms with Gasteiger partial charge in [0.1, 0.15) is 17.2 Å². The highest BCUT2D eigenvalue weighted by molar-refractivity contribution is 14.1. The molecule has 0 spiro atoms. The number of hydrogen-bond donors (Lipinski definition) is 0. The van der Waals surface area contributed by atoms with Crippen LogP contribution in [-0.2, 0) is 4.79 Å². The first-order valence-corrected chi connectivity index (χ1v) is 7.48. The molecular formula is C16H13F2IO3. The lowest BCUT2D eigenvalue weighted by molar-refractivity contribution is -0.158. The molecule has 0 bridgehead atoms. The van der Waals surface area contributed by atoms with Crippen molar-refractivity contribution in [3.8, 4) is 17.2 Å². The van der Waals surface area contributed by atoms with Crippen molar-refractivity contribution in [2.24, 2.45) is 0 Å². The van der Waals surface area contributed by atoms with Gasteiger partial charge in [-0.1, -0.05) is 12.1 Å². The number of esters is 1. The third-order valence-corrected chi connectivity index (χ3v) is 3.63. The summed E-state index contributed by atoms with van der Waals surface area (Å²) in [6.45, 7) is 2.42. The van der Waals surface area contributed by atoms with Gasteiger partial charge in [-0.15, -0.1) is 0 Å². The van der Waals surface area contributed by atoms with Crippen LogP contribution in [0.2, 0.25) is 0 Å². The van der Waals surface area contributed by atoms with Gasteiger partial charge in [-0.3, -0.25) is 0 Å². The number of alkyl halides is 2. The molecule has 0 aliphatic carbocycles. The van der Waals surface area contributed by atoms with E-state index < -0.39 is 11.9 Å². The first kappa shape index (κ1) is 16.7. The van der Waals surface area contributed by atoms with E-state index in [1.54, 1.807) is 12.1 Å². The number of benzene rings is 2. The van der Waals surface area contributed by atoms with Gasteiger partial charge < -0.3 is 9.47 Å². The Morgan fingerprint density at radius 3 is 2.23 bits per heavy atom. The summed E-state index contributed by atoms with van der Waals surface area (Å²) in [6, 6.07) is 11.7. The van der Waals surface area contributed by atoms with E-state index in [0.717, 1.165) is 14.9 Å². The van der Waals surface area contributed by atoms with Crippen molar-refractivity contribution in [2.45, 2.75) is 19.8 Å². The van der Waals surface area contributed by atoms with Crippen molar-refractivity contribution in [3.05, 3.63) is 51.6 Å². The lowest BCUT2D eigenvalue weighted by atomic mass is 10.2. The van der Waals surface area contributed by atoms with E-state index in [0.29, 0.717) is 12.7 Å². The minimum atomic E-state index is -3.52. The molecule has 0 aliphatic rings. The minimum absolute atomic E-state index is 0.0401. The molecular weight excluding hydrogens is 405 g/mol. The van der Waals surface area contributed by atoms with E-state index in [2.05, 4.69) is 27.3 Å². The summed E-state index contributed by atoms with van der Waals surface area (Å²) in [5, 5.41) is 0. The number of carbonyl (C=O) groups excluding carboxylic acids is 1. The molecule has 2 rings (SSSR count). The van der Waals surface area contributed by atoms with Gasteiger partial charge in [0.15, 0.2) is 0 Å². The largest absolute Gasteiger partial charge is 0.456 e. The number of carbonyl (C=O) groups is 1. The van der Waals surface area contributed by atoms with E-state index in [1.807, 2.05) is 25.1 Å². The van der Waals surface area contributed by atoms with Gasteiger partial charge in [0.05, 0.1) is 3.57 Å². The Morgan fingerprint density at radius 1 is 1.09 bits per heavy atom. The number of rotatable bonds is 4. The second-order valence-corrected chi connectivity index (χ2v) is 5.90. The van der Waals surface area contributed by atoms with Crippen LogP contribution in [0.5, 0.6) is 17.2 Å². The Morgan fingerprint density at radius 2 is 1.68 bits per heavy atom. The Hall–Kier alpha value is -1.70. The number of para-hydroxylation sites is 1. The first-order valence-electron chi connectivity index (χ1n) is 6.40. The van der Waals surface area contributed by atoms with Gasteiger partial charge in [-0.2, -0.15) is 8.78 Å². The van der Waals surface area contributed by atoms with Crippen molar-refractivity contribution >= 4 is 28.6 Å². The summed E-state index contributed by atoms with van der Waals surface area (Å²) in [7, 11) is 0. The van der Waals surface area contributed by atoms with Crippen LogP contribution >= 0.6 is 22.6 Å². The zero-order chi connectivity index (χ0) is 16.3. The molecule has 0 aliphatic heterocycles. The maximum atomic E-state index is 12.8. The summed E-state index contributed by atoms with van der Waals surface area (Å²) in [5.74, 6) is -3.82. The van der Waals surface area contributed by atoms with Gasteiger partial charge in [-0.25, -0.2) is 4.79 Å². The molecule has 0 saturated heterocycles. The third-order valence-electron chi connectivity index (χ3n) is 2.78. The van der Waals surface area contributed by atoms with Crippen LogP contribution < -0.4 is 9.47 Å². The van der Waals surface area contributed by atoms with Crippen LogP contribution in [0.4, 0.5) is 8.78 Å². The van der Waals surface area contributed by atoms with Crippen molar-refractivity contribution in [3.63, 3.8) is 0 Å². The van der Waals surface area contributed by atoms with Gasteiger partial charge in [0.2, 0.25) is 0 Å². The van der Waals surface area contributed by atoms with Crippen molar-refractivity contribution in [1.82, 2.24) is 0 Å². The fourth-order valence-electron chi connectivity index (χ4n) is 1.64. The Bertz CT molecular complexity index is 659. The number of hydrogen-bond acceptors (Lipinski definition) is 3. The molecule has 3 nitrogen and oxygen atoms in total. The standard InChI is InChI=1S/C16H13F2IO3/c1-10-4-3-5-13(19)14(10)21-11-6-8-12(9-7-11)22-15(20)16(2,17)18/h3-9H,1-2H3. The summed E-state index contributed by atoms with van der Waals surface area (Å²) in [5.41, 5.74) is 0.980. The number of halogens is 3. The van der Waals surface area contributed by atoms with Crippen LogP contribution in [-0.4, -0.2) is 11.9 Å². The SMILES string of the molecule is Cc1cccc(I)c1Oc1ccc(OC(=O)C(C)(F)F)cc1. The van der Waals surface area contributed by atoms with Gasteiger partial charge in [-0.05, 0) is 65.4 Å². The minimum Gasteiger partial charge on any atom is -0.456 e. The molecule has 2 aromatic carbocycles. The average Bonchev–Trinajstić information content (AvgIpc) is 2.44. The molecule has 0 N–H and O–H groups in total. The van der Waals surface area contributed by atoms with Crippen molar-refractivity contribution in [1.29, 1.82) is 0 Å². The topological polar surface area (TPSA) is 35.5 Å². The van der Waals surface area contributed by atoms with Crippen LogP contribution in [0.15, 0.2) is 42.5 Å². The lowest BCUT2D eigenvalue weighted by Crippen LogP contribution is -2.29. The maximum absolute atomic E-state index is 12.8. The molecule has 0 aromatic heterocycles. The Balaban J connectivity index is 2.11. The Kier molecular flexibility index (Phi) is 5.00. The van der Waals surface area contributed by atoms with Crippen molar-refractivity contribution < 1.29 is 23.0 Å². The van der Waals surface area contributed by atoms with Crippen molar-refractivity contribution in [2.75, 3.05) is 0 Å². The van der Waals surface area contributed by atoms with Crippen LogP contribution in [0, 0.1) is 10.5 Å². The fraction of sp³-hybridized carbons (Fsp3) is 0.188. The summed E-state index contributed by atoms with van der Waals surface area (Å²) in [6.07, 6.45) is 0. The predicted octanol–water partition coefficient (Wildman–Crippen LogP) is 4.95. The second kappa shape index (κ2) is 6.60. The molecule has 22 heavy (non-hydrogen) atoms. The van der Waals surface area contributed by atoms with E-state index in [-0.39, 0.29) is 5.75 Å². The Labute approximate surface area is 140 Å². The maximum Gasteiger partial charge on any atom is 0.382 e. The van der Waals surface area contributed by atoms with Crippen LogP contribution in [0.3, 0.4) is 0 Å². The molecule has 2 aromatic rings. The molecule has 6 heteroatoms. The second-order valence-electron chi connectivity index (χ2n) is 4.74. The van der Waals surface area contributed by atoms with E-state index in [4.69, 9.17) is 4.74 Å². The molecule has 116 valence electrons. The molecule has 0 unspecified atom stereocenters. The quantitative estimate of drug-likeness (QED) is 0.401. The molecule has 0 saturated carbocycles. The average molecular weight is 418 g/mol. The monoisotopic (exact) mass is 418 g/mol. The third kappa shape index (κ3) is 4.16. The first-order chi connectivity index (χ1) is 10.3. The van der Waals surface area contributed by atoms with E-state index in [9.17, 15) is 13.6 Å². The highest BCUT2D eigenvalue weighted by Crippen LogP contribution is 2.31. The zero-order valence-electron chi connectivity index (χ0n) is 11.9. The molecule has 0 radical (unpaired) electrons. The van der Waals surface area contributed by atoms with Gasteiger partial charge in [0.25, 0.3) is 0 Å². The molecule has 0 amide bonds. The molecule has 0 heterocycles. The van der Waals surface area contributed by atoms with E-state index >= 15 is 0 Å². The van der Waals surface area contributed by atoms with Crippen LogP contribution in [0.1, 0.15) is 12.5 Å². The smallest absolute Gasteiger partial charge is 0.382 e. The summed E-state index contributed by atoms with van der Waals surface area (Å²) >= 11 is 2.17. The van der Waals surface area contributed by atoms with Gasteiger partial charge >= 0.3 is 11.9 Å². The van der Waals surface area contributed by atoms with Crippen LogP contribution in [0.25, 0.3) is 0 Å². The number of ether oxygens (including phenoxy) is 2. The molecule has 0 fully saturated rings. The van der Waals surface area contributed by atoms with E-state index in [1.165, 1.54) is 12.1 Å². The zero-order valence-corrected chi connectivity index (χ0v) is 14.1.